The van der Waals surface area contributed by atoms with Gasteiger partial charge in [-0.05, 0) is 31.6 Å². The normalized spacial score (nSPS) is 22.6. The van der Waals surface area contributed by atoms with Crippen molar-refractivity contribution in [3.05, 3.63) is 0 Å². The molecule has 2 heterocycles. The number of likely N-dealkylation sites (tertiary alicyclic amines) is 2. The number of carboxylic acids is 1. The largest absolute Gasteiger partial charge is 0.481 e. The van der Waals surface area contributed by atoms with E-state index in [1.807, 2.05) is 4.90 Å². The monoisotopic (exact) mass is 270 g/mol. The van der Waals surface area contributed by atoms with Crippen LogP contribution in [-0.2, 0) is 4.79 Å². The molecular formula is C13H22N2O4. The fraction of sp³-hybridized carbons (Fsp3) is 0.846. The second-order valence-corrected chi connectivity index (χ2v) is 5.50. The molecule has 0 bridgehead atoms. The van der Waals surface area contributed by atoms with Crippen LogP contribution in [0.4, 0.5) is 4.79 Å². The highest BCUT2D eigenvalue weighted by Crippen LogP contribution is 2.21. The van der Waals surface area contributed by atoms with Gasteiger partial charge in [0.1, 0.15) is 0 Å². The molecule has 2 amide bonds. The van der Waals surface area contributed by atoms with Gasteiger partial charge in [-0.2, -0.15) is 0 Å². The maximum atomic E-state index is 12.3. The number of amides is 2. The smallest absolute Gasteiger partial charge is 0.319 e. The molecule has 0 unspecified atom stereocenters. The zero-order chi connectivity index (χ0) is 13.8. The third-order valence-corrected chi connectivity index (χ3v) is 4.26. The Labute approximate surface area is 113 Å². The number of hydrogen-bond donors (Lipinski definition) is 2. The second-order valence-electron chi connectivity index (χ2n) is 5.50. The molecule has 108 valence electrons. The van der Waals surface area contributed by atoms with Crippen molar-refractivity contribution in [1.82, 2.24) is 9.80 Å². The number of aliphatic hydroxyl groups excluding tert-OH is 1. The van der Waals surface area contributed by atoms with Gasteiger partial charge < -0.3 is 20.0 Å². The molecule has 0 aromatic rings. The Bertz CT molecular complexity index is 332. The van der Waals surface area contributed by atoms with Crippen molar-refractivity contribution in [3.63, 3.8) is 0 Å². The van der Waals surface area contributed by atoms with Crippen molar-refractivity contribution in [2.24, 2.45) is 11.8 Å². The van der Waals surface area contributed by atoms with Crippen LogP contribution in [0, 0.1) is 11.8 Å². The highest BCUT2D eigenvalue weighted by atomic mass is 16.4. The minimum Gasteiger partial charge on any atom is -0.481 e. The summed E-state index contributed by atoms with van der Waals surface area (Å²) in [5.74, 6) is -0.734. The van der Waals surface area contributed by atoms with E-state index in [0.717, 1.165) is 12.8 Å². The van der Waals surface area contributed by atoms with Crippen LogP contribution < -0.4 is 0 Å². The summed E-state index contributed by atoms with van der Waals surface area (Å²) in [6.45, 7) is 2.67. The third-order valence-electron chi connectivity index (χ3n) is 4.26. The van der Waals surface area contributed by atoms with Gasteiger partial charge in [0.2, 0.25) is 0 Å². The summed E-state index contributed by atoms with van der Waals surface area (Å²) in [6, 6.07) is 0.0280. The van der Waals surface area contributed by atoms with Crippen molar-refractivity contribution in [2.75, 3.05) is 32.8 Å². The molecule has 2 aliphatic heterocycles. The van der Waals surface area contributed by atoms with Crippen molar-refractivity contribution in [3.8, 4) is 0 Å². The van der Waals surface area contributed by atoms with E-state index >= 15 is 0 Å². The van der Waals surface area contributed by atoms with E-state index in [4.69, 9.17) is 10.2 Å². The van der Waals surface area contributed by atoms with Crippen LogP contribution in [0.2, 0.25) is 0 Å². The Morgan fingerprint density at radius 1 is 0.947 bits per heavy atom. The average molecular weight is 270 g/mol. The SMILES string of the molecule is O=C(O)C1CCN(C(=O)N2CCC(CO)CC2)CC1. The molecule has 2 saturated heterocycles. The van der Waals surface area contributed by atoms with E-state index < -0.39 is 5.97 Å². The van der Waals surface area contributed by atoms with Crippen molar-refractivity contribution in [2.45, 2.75) is 25.7 Å². The molecular weight excluding hydrogens is 248 g/mol. The predicted molar refractivity (Wildman–Crippen MR) is 68.7 cm³/mol. The van der Waals surface area contributed by atoms with Gasteiger partial charge in [-0.15, -0.1) is 0 Å². The van der Waals surface area contributed by atoms with Gasteiger partial charge in [0.15, 0.2) is 0 Å². The lowest BCUT2D eigenvalue weighted by atomic mass is 9.96. The first-order valence-corrected chi connectivity index (χ1v) is 6.99. The molecule has 0 atom stereocenters. The van der Waals surface area contributed by atoms with Gasteiger partial charge in [-0.1, -0.05) is 0 Å². The molecule has 2 fully saturated rings. The molecule has 0 aromatic carbocycles. The van der Waals surface area contributed by atoms with Gasteiger partial charge in [0, 0.05) is 32.8 Å². The van der Waals surface area contributed by atoms with Gasteiger partial charge in [0.25, 0.3) is 0 Å². The summed E-state index contributed by atoms with van der Waals surface area (Å²) in [4.78, 5) is 26.7. The number of carbonyl (C=O) groups is 2. The first-order valence-electron chi connectivity index (χ1n) is 6.99. The van der Waals surface area contributed by atoms with E-state index in [0.29, 0.717) is 44.9 Å². The van der Waals surface area contributed by atoms with E-state index in [2.05, 4.69) is 0 Å². The molecule has 0 aliphatic carbocycles. The number of aliphatic hydroxyl groups is 1. The molecule has 0 aromatic heterocycles. The van der Waals surface area contributed by atoms with E-state index in [-0.39, 0.29) is 18.6 Å². The molecule has 2 aliphatic rings. The Morgan fingerprint density at radius 2 is 1.42 bits per heavy atom. The fourth-order valence-corrected chi connectivity index (χ4v) is 2.82. The van der Waals surface area contributed by atoms with Gasteiger partial charge in [-0.25, -0.2) is 4.79 Å². The summed E-state index contributed by atoms with van der Waals surface area (Å²) in [6.07, 6.45) is 2.81. The topological polar surface area (TPSA) is 81.1 Å². The molecule has 19 heavy (non-hydrogen) atoms. The first-order chi connectivity index (χ1) is 9.11. The van der Waals surface area contributed by atoms with Crippen LogP contribution in [0.3, 0.4) is 0 Å². The summed E-state index contributed by atoms with van der Waals surface area (Å²) in [5.41, 5.74) is 0. The van der Waals surface area contributed by atoms with Crippen LogP contribution in [0.25, 0.3) is 0 Å². The molecule has 6 heteroatoms. The number of aliphatic carboxylic acids is 1. The lowest BCUT2D eigenvalue weighted by molar-refractivity contribution is -0.143. The number of urea groups is 1. The fourth-order valence-electron chi connectivity index (χ4n) is 2.82. The maximum absolute atomic E-state index is 12.3. The van der Waals surface area contributed by atoms with E-state index in [9.17, 15) is 9.59 Å². The quantitative estimate of drug-likeness (QED) is 0.770. The molecule has 2 N–H and O–H groups in total. The average Bonchev–Trinajstić information content (AvgIpc) is 2.46. The van der Waals surface area contributed by atoms with Gasteiger partial charge in [0.05, 0.1) is 5.92 Å². The predicted octanol–water partition coefficient (Wildman–Crippen LogP) is 0.607. The molecule has 0 spiro atoms. The van der Waals surface area contributed by atoms with Crippen molar-refractivity contribution >= 4 is 12.0 Å². The number of rotatable bonds is 2. The maximum Gasteiger partial charge on any atom is 0.319 e. The van der Waals surface area contributed by atoms with Crippen LogP contribution in [0.15, 0.2) is 0 Å². The Morgan fingerprint density at radius 3 is 1.84 bits per heavy atom. The van der Waals surface area contributed by atoms with Gasteiger partial charge >= 0.3 is 12.0 Å². The number of piperidine rings is 2. The van der Waals surface area contributed by atoms with Crippen molar-refractivity contribution < 1.29 is 19.8 Å². The summed E-state index contributed by atoms with van der Waals surface area (Å²) < 4.78 is 0. The lowest BCUT2D eigenvalue weighted by Gasteiger charge is -2.37. The van der Waals surface area contributed by atoms with E-state index in [1.165, 1.54) is 0 Å². The van der Waals surface area contributed by atoms with Crippen LogP contribution >= 0.6 is 0 Å². The van der Waals surface area contributed by atoms with Crippen LogP contribution in [-0.4, -0.2) is 64.8 Å². The molecule has 6 nitrogen and oxygen atoms in total. The summed E-state index contributed by atoms with van der Waals surface area (Å²) in [5, 5.41) is 18.0. The molecule has 2 rings (SSSR count). The first kappa shape index (κ1) is 14.1. The highest BCUT2D eigenvalue weighted by Gasteiger charge is 2.30. The summed E-state index contributed by atoms with van der Waals surface area (Å²) >= 11 is 0. The van der Waals surface area contributed by atoms with Crippen LogP contribution in [0.1, 0.15) is 25.7 Å². The minimum absolute atomic E-state index is 0.0280. The number of carbonyl (C=O) groups excluding carboxylic acids is 1. The number of nitrogens with zero attached hydrogens (tertiary/aromatic N) is 2. The second kappa shape index (κ2) is 6.23. The Balaban J connectivity index is 1.80. The lowest BCUT2D eigenvalue weighted by Crippen LogP contribution is -2.50. The summed E-state index contributed by atoms with van der Waals surface area (Å²) in [7, 11) is 0. The van der Waals surface area contributed by atoms with Crippen molar-refractivity contribution in [1.29, 1.82) is 0 Å². The van der Waals surface area contributed by atoms with Crippen LogP contribution in [0.5, 0.6) is 0 Å². The number of hydrogen-bond acceptors (Lipinski definition) is 3. The zero-order valence-corrected chi connectivity index (χ0v) is 11.1. The standard InChI is InChI=1S/C13H22N2O4/c16-9-10-1-5-14(6-2-10)13(19)15-7-3-11(4-8-15)12(17)18/h10-11,16H,1-9H2,(H,17,18). The zero-order valence-electron chi connectivity index (χ0n) is 11.1. The molecule has 0 radical (unpaired) electrons. The minimum atomic E-state index is -0.754. The highest BCUT2D eigenvalue weighted by molar-refractivity contribution is 5.75. The third kappa shape index (κ3) is 3.37. The van der Waals surface area contributed by atoms with Gasteiger partial charge in [-0.3, -0.25) is 4.79 Å². The Hall–Kier alpha value is -1.30. The molecule has 0 saturated carbocycles. The Kier molecular flexibility index (Phi) is 4.63. The van der Waals surface area contributed by atoms with E-state index in [1.54, 1.807) is 4.90 Å². The number of carboxylic acid groups (broad SMARTS) is 1.